The monoisotopic (exact) mass is 269 g/mol. The van der Waals surface area contributed by atoms with Gasteiger partial charge in [0, 0.05) is 16.6 Å². The zero-order valence-corrected chi connectivity index (χ0v) is 9.97. The van der Waals surface area contributed by atoms with Crippen LogP contribution in [0.3, 0.4) is 0 Å². The summed E-state index contributed by atoms with van der Waals surface area (Å²) in [6.45, 7) is 1.89. The van der Waals surface area contributed by atoms with Gasteiger partial charge in [0.25, 0.3) is 0 Å². The number of rotatable bonds is 2. The number of carboxylic acids is 1. The summed E-state index contributed by atoms with van der Waals surface area (Å²) in [5.41, 5.74) is 1.18. The highest BCUT2D eigenvalue weighted by Crippen LogP contribution is 2.36. The molecule has 4 heteroatoms. The molecule has 2 rings (SSSR count). The van der Waals surface area contributed by atoms with Crippen molar-refractivity contribution in [2.75, 3.05) is 5.32 Å². The van der Waals surface area contributed by atoms with Crippen LogP contribution in [0.5, 0.6) is 0 Å². The van der Waals surface area contributed by atoms with Crippen molar-refractivity contribution in [3.8, 4) is 0 Å². The van der Waals surface area contributed by atoms with Crippen molar-refractivity contribution in [3.63, 3.8) is 0 Å². The van der Waals surface area contributed by atoms with E-state index < -0.39 is 11.5 Å². The molecular formula is C11H12BrNO2. The molecule has 1 aromatic rings. The van der Waals surface area contributed by atoms with Gasteiger partial charge in [0.1, 0.15) is 5.54 Å². The maximum absolute atomic E-state index is 11.2. The minimum absolute atomic E-state index is 0.557. The average Bonchev–Trinajstić information content (AvgIpc) is 2.56. The van der Waals surface area contributed by atoms with Crippen LogP contribution in [-0.4, -0.2) is 16.6 Å². The Kier molecular flexibility index (Phi) is 2.46. The van der Waals surface area contributed by atoms with Gasteiger partial charge in [-0.1, -0.05) is 28.9 Å². The molecule has 1 atom stereocenters. The van der Waals surface area contributed by atoms with E-state index in [1.165, 1.54) is 0 Å². The highest BCUT2D eigenvalue weighted by atomic mass is 79.9. The lowest BCUT2D eigenvalue weighted by molar-refractivity contribution is -0.142. The molecule has 0 radical (unpaired) electrons. The van der Waals surface area contributed by atoms with Crippen LogP contribution in [0.4, 0.5) is 5.69 Å². The van der Waals surface area contributed by atoms with Crippen LogP contribution in [0.25, 0.3) is 0 Å². The molecule has 1 heterocycles. The molecule has 0 spiro atoms. The first-order valence-electron chi connectivity index (χ1n) is 4.87. The first-order valence-corrected chi connectivity index (χ1v) is 5.67. The van der Waals surface area contributed by atoms with Crippen molar-refractivity contribution in [2.24, 2.45) is 0 Å². The van der Waals surface area contributed by atoms with Crippen molar-refractivity contribution in [1.29, 1.82) is 0 Å². The summed E-state index contributed by atoms with van der Waals surface area (Å²) in [6.07, 6.45) is 1.13. The van der Waals surface area contributed by atoms with Gasteiger partial charge in [-0.25, -0.2) is 4.79 Å². The van der Waals surface area contributed by atoms with Crippen molar-refractivity contribution in [2.45, 2.75) is 25.3 Å². The Bertz CT molecular complexity index is 419. The number of benzene rings is 1. The molecule has 0 fully saturated rings. The molecule has 0 amide bonds. The normalized spacial score (nSPS) is 23.3. The molecule has 15 heavy (non-hydrogen) atoms. The largest absolute Gasteiger partial charge is 0.479 e. The predicted molar refractivity (Wildman–Crippen MR) is 62.1 cm³/mol. The van der Waals surface area contributed by atoms with Crippen molar-refractivity contribution in [3.05, 3.63) is 28.2 Å². The van der Waals surface area contributed by atoms with E-state index in [1.54, 1.807) is 0 Å². The SMILES string of the molecule is CCC1(C(=O)O)Cc2ccc(Br)cc2N1. The van der Waals surface area contributed by atoms with E-state index >= 15 is 0 Å². The third-order valence-electron chi connectivity index (χ3n) is 2.95. The number of aliphatic carboxylic acids is 1. The average molecular weight is 270 g/mol. The predicted octanol–water partition coefficient (Wildman–Crippen LogP) is 2.65. The smallest absolute Gasteiger partial charge is 0.329 e. The number of carboxylic acid groups (broad SMARTS) is 1. The summed E-state index contributed by atoms with van der Waals surface area (Å²) in [5, 5.41) is 12.3. The first kappa shape index (κ1) is 10.5. The number of hydrogen-bond donors (Lipinski definition) is 2. The van der Waals surface area contributed by atoms with Crippen LogP contribution in [0, 0.1) is 0 Å². The summed E-state index contributed by atoms with van der Waals surface area (Å²) in [4.78, 5) is 11.2. The molecule has 1 aliphatic heterocycles. The molecule has 0 saturated carbocycles. The summed E-state index contributed by atoms with van der Waals surface area (Å²) in [5.74, 6) is -0.780. The van der Waals surface area contributed by atoms with E-state index in [1.807, 2.05) is 25.1 Å². The van der Waals surface area contributed by atoms with Crippen LogP contribution in [-0.2, 0) is 11.2 Å². The highest BCUT2D eigenvalue weighted by molar-refractivity contribution is 9.10. The Labute approximate surface area is 96.6 Å². The molecule has 0 aromatic heterocycles. The minimum Gasteiger partial charge on any atom is -0.479 e. The zero-order chi connectivity index (χ0) is 11.1. The first-order chi connectivity index (χ1) is 7.07. The fourth-order valence-corrected chi connectivity index (χ4v) is 2.30. The van der Waals surface area contributed by atoms with Gasteiger partial charge in [-0.15, -0.1) is 0 Å². The van der Waals surface area contributed by atoms with Crippen LogP contribution in [0.2, 0.25) is 0 Å². The molecule has 2 N–H and O–H groups in total. The van der Waals surface area contributed by atoms with Gasteiger partial charge in [0.2, 0.25) is 0 Å². The molecule has 80 valence electrons. The van der Waals surface area contributed by atoms with E-state index in [0.29, 0.717) is 12.8 Å². The molecule has 3 nitrogen and oxygen atoms in total. The van der Waals surface area contributed by atoms with Gasteiger partial charge >= 0.3 is 5.97 Å². The van der Waals surface area contributed by atoms with E-state index in [2.05, 4.69) is 21.2 Å². The van der Waals surface area contributed by atoms with Crippen LogP contribution >= 0.6 is 15.9 Å². The number of anilines is 1. The number of carbonyl (C=O) groups is 1. The Morgan fingerprint density at radius 3 is 3.00 bits per heavy atom. The molecule has 0 saturated heterocycles. The van der Waals surface area contributed by atoms with Gasteiger partial charge in [0.15, 0.2) is 0 Å². The van der Waals surface area contributed by atoms with Crippen molar-refractivity contribution in [1.82, 2.24) is 0 Å². The van der Waals surface area contributed by atoms with Crippen LogP contribution < -0.4 is 5.32 Å². The summed E-state index contributed by atoms with van der Waals surface area (Å²) in [6, 6.07) is 5.83. The molecule has 1 aliphatic rings. The molecule has 0 bridgehead atoms. The zero-order valence-electron chi connectivity index (χ0n) is 8.38. The summed E-state index contributed by atoms with van der Waals surface area (Å²) < 4.78 is 0.964. The minimum atomic E-state index is -0.816. The number of nitrogens with one attached hydrogen (secondary N) is 1. The van der Waals surface area contributed by atoms with E-state index in [9.17, 15) is 9.90 Å². The second kappa shape index (κ2) is 3.52. The van der Waals surface area contributed by atoms with Crippen LogP contribution in [0.15, 0.2) is 22.7 Å². The van der Waals surface area contributed by atoms with E-state index in [4.69, 9.17) is 0 Å². The maximum atomic E-state index is 11.2. The quantitative estimate of drug-likeness (QED) is 0.868. The van der Waals surface area contributed by atoms with Crippen molar-refractivity contribution < 1.29 is 9.90 Å². The van der Waals surface area contributed by atoms with Gasteiger partial charge < -0.3 is 10.4 Å². The molecule has 1 aromatic carbocycles. The van der Waals surface area contributed by atoms with Gasteiger partial charge in [-0.3, -0.25) is 0 Å². The fourth-order valence-electron chi connectivity index (χ4n) is 1.94. The third-order valence-corrected chi connectivity index (χ3v) is 3.44. The van der Waals surface area contributed by atoms with Gasteiger partial charge in [-0.05, 0) is 24.1 Å². The van der Waals surface area contributed by atoms with E-state index in [-0.39, 0.29) is 0 Å². The maximum Gasteiger partial charge on any atom is 0.329 e. The second-order valence-corrected chi connectivity index (χ2v) is 4.76. The highest BCUT2D eigenvalue weighted by Gasteiger charge is 2.42. The Morgan fingerprint density at radius 2 is 2.40 bits per heavy atom. The molecule has 0 aliphatic carbocycles. The fraction of sp³-hybridized carbons (Fsp3) is 0.364. The Balaban J connectivity index is 2.39. The lowest BCUT2D eigenvalue weighted by atomic mass is 9.92. The molecule has 1 unspecified atom stereocenters. The standard InChI is InChI=1S/C11H12BrNO2/c1-2-11(10(14)15)6-7-3-4-8(12)5-9(7)13-11/h3-5,13H,2,6H2,1H3,(H,14,15). The van der Waals surface area contributed by atoms with Crippen molar-refractivity contribution >= 4 is 27.6 Å². The number of fused-ring (bicyclic) bond motifs is 1. The topological polar surface area (TPSA) is 49.3 Å². The second-order valence-electron chi connectivity index (χ2n) is 3.84. The van der Waals surface area contributed by atoms with Crippen LogP contribution in [0.1, 0.15) is 18.9 Å². The number of hydrogen-bond acceptors (Lipinski definition) is 2. The van der Waals surface area contributed by atoms with E-state index in [0.717, 1.165) is 15.7 Å². The summed E-state index contributed by atoms with van der Waals surface area (Å²) in [7, 11) is 0. The lowest BCUT2D eigenvalue weighted by Crippen LogP contribution is -2.44. The van der Waals surface area contributed by atoms with Gasteiger partial charge in [0.05, 0.1) is 0 Å². The Hall–Kier alpha value is -1.03. The van der Waals surface area contributed by atoms with Gasteiger partial charge in [-0.2, -0.15) is 0 Å². The Morgan fingerprint density at radius 1 is 1.67 bits per heavy atom. The molecular weight excluding hydrogens is 258 g/mol. The lowest BCUT2D eigenvalue weighted by Gasteiger charge is -2.23. The summed E-state index contributed by atoms with van der Waals surface area (Å²) >= 11 is 3.37. The third kappa shape index (κ3) is 1.63. The number of halogens is 1.